The van der Waals surface area contributed by atoms with E-state index in [0.717, 1.165) is 38.1 Å². The zero-order chi connectivity index (χ0) is 13.6. The van der Waals surface area contributed by atoms with Crippen molar-refractivity contribution >= 4 is 6.03 Å². The molecule has 1 rings (SSSR count). The number of rotatable bonds is 5. The van der Waals surface area contributed by atoms with Gasteiger partial charge in [0.25, 0.3) is 0 Å². The van der Waals surface area contributed by atoms with Gasteiger partial charge in [0.15, 0.2) is 0 Å². The first-order chi connectivity index (χ1) is 8.55. The van der Waals surface area contributed by atoms with Crippen LogP contribution in [0.5, 0.6) is 0 Å². The van der Waals surface area contributed by atoms with Gasteiger partial charge in [-0.1, -0.05) is 20.3 Å². The van der Waals surface area contributed by atoms with Gasteiger partial charge in [-0.05, 0) is 38.0 Å². The van der Waals surface area contributed by atoms with Crippen LogP contribution < -0.4 is 11.1 Å². The van der Waals surface area contributed by atoms with Crippen molar-refractivity contribution in [3.05, 3.63) is 0 Å². The number of likely N-dealkylation sites (N-methyl/N-ethyl adjacent to an activating group) is 1. The van der Waals surface area contributed by atoms with Gasteiger partial charge in [0.2, 0.25) is 0 Å². The number of nitrogens with two attached hydrogens (primary N) is 1. The average Bonchev–Trinajstić information content (AvgIpc) is 2.39. The Kier molecular flexibility index (Phi) is 5.93. The van der Waals surface area contributed by atoms with Crippen LogP contribution in [0.1, 0.15) is 52.4 Å². The molecule has 0 aliphatic heterocycles. The second-order valence-corrected chi connectivity index (χ2v) is 5.76. The number of hydrogen-bond acceptors (Lipinski definition) is 2. The van der Waals surface area contributed by atoms with E-state index in [2.05, 4.69) is 19.2 Å². The third-order valence-corrected chi connectivity index (χ3v) is 4.41. The van der Waals surface area contributed by atoms with E-state index in [0.29, 0.717) is 6.54 Å². The summed E-state index contributed by atoms with van der Waals surface area (Å²) in [5, 5.41) is 2.98. The van der Waals surface area contributed by atoms with Crippen molar-refractivity contribution in [1.29, 1.82) is 0 Å². The average molecular weight is 255 g/mol. The van der Waals surface area contributed by atoms with Gasteiger partial charge in [0.05, 0.1) is 5.54 Å². The number of carbonyl (C=O) groups is 1. The Labute approximate surface area is 111 Å². The number of carbonyl (C=O) groups excluding carboxylic acids is 1. The second kappa shape index (κ2) is 6.98. The maximum absolute atomic E-state index is 12.1. The summed E-state index contributed by atoms with van der Waals surface area (Å²) < 4.78 is 0. The van der Waals surface area contributed by atoms with Gasteiger partial charge in [-0.2, -0.15) is 0 Å². The molecule has 0 atom stereocenters. The number of unbranched alkanes of at least 4 members (excludes halogenated alkanes) is 1. The Morgan fingerprint density at radius 3 is 2.56 bits per heavy atom. The Morgan fingerprint density at radius 1 is 1.44 bits per heavy atom. The highest BCUT2D eigenvalue weighted by Gasteiger charge is 2.38. The predicted molar refractivity (Wildman–Crippen MR) is 75.5 cm³/mol. The third-order valence-electron chi connectivity index (χ3n) is 4.41. The first kappa shape index (κ1) is 15.3. The molecule has 1 aliphatic rings. The molecule has 0 aromatic carbocycles. The molecule has 0 aromatic rings. The molecule has 4 nitrogen and oxygen atoms in total. The fourth-order valence-corrected chi connectivity index (χ4v) is 2.68. The monoisotopic (exact) mass is 255 g/mol. The van der Waals surface area contributed by atoms with Gasteiger partial charge in [0.1, 0.15) is 0 Å². The molecule has 0 heterocycles. The van der Waals surface area contributed by atoms with E-state index in [4.69, 9.17) is 5.73 Å². The maximum atomic E-state index is 12.1. The lowest BCUT2D eigenvalue weighted by molar-refractivity contribution is 0.0900. The van der Waals surface area contributed by atoms with E-state index < -0.39 is 0 Å². The molecule has 1 aliphatic carbocycles. The number of nitrogens with zero attached hydrogens (tertiary/aromatic N) is 1. The fourth-order valence-electron chi connectivity index (χ4n) is 2.68. The van der Waals surface area contributed by atoms with Crippen LogP contribution in [0, 0.1) is 5.92 Å². The Balaban J connectivity index is 2.55. The molecule has 106 valence electrons. The van der Waals surface area contributed by atoms with Gasteiger partial charge < -0.3 is 16.0 Å². The van der Waals surface area contributed by atoms with E-state index in [1.165, 1.54) is 12.8 Å². The normalized spacial score (nSPS) is 27.9. The van der Waals surface area contributed by atoms with Crippen molar-refractivity contribution in [3.8, 4) is 0 Å². The molecule has 0 bridgehead atoms. The highest BCUT2D eigenvalue weighted by Crippen LogP contribution is 2.35. The minimum absolute atomic E-state index is 0.0310. The summed E-state index contributed by atoms with van der Waals surface area (Å²) in [5.74, 6) is 0.765. The third kappa shape index (κ3) is 3.61. The van der Waals surface area contributed by atoms with Crippen LogP contribution in [0.2, 0.25) is 0 Å². The SMILES string of the molecule is CCCCNC(=O)N(C)C1(CN)CCC(C)CC1. The topological polar surface area (TPSA) is 58.4 Å². The van der Waals surface area contributed by atoms with Crippen molar-refractivity contribution in [2.45, 2.75) is 57.9 Å². The lowest BCUT2D eigenvalue weighted by atomic mass is 9.76. The van der Waals surface area contributed by atoms with Gasteiger partial charge in [-0.3, -0.25) is 0 Å². The van der Waals surface area contributed by atoms with Crippen LogP contribution in [0.15, 0.2) is 0 Å². The van der Waals surface area contributed by atoms with Crippen molar-refractivity contribution < 1.29 is 4.79 Å². The smallest absolute Gasteiger partial charge is 0.317 e. The highest BCUT2D eigenvalue weighted by atomic mass is 16.2. The van der Waals surface area contributed by atoms with E-state index in [9.17, 15) is 4.79 Å². The van der Waals surface area contributed by atoms with Crippen molar-refractivity contribution in [1.82, 2.24) is 10.2 Å². The standard InChI is InChI=1S/C14H29N3O/c1-4-5-10-16-13(18)17(3)14(11-15)8-6-12(2)7-9-14/h12H,4-11,15H2,1-3H3,(H,16,18). The molecule has 1 fully saturated rings. The molecular weight excluding hydrogens is 226 g/mol. The number of urea groups is 1. The van der Waals surface area contributed by atoms with Crippen LogP contribution in [0.4, 0.5) is 4.79 Å². The second-order valence-electron chi connectivity index (χ2n) is 5.76. The zero-order valence-electron chi connectivity index (χ0n) is 12.2. The lowest BCUT2D eigenvalue weighted by Gasteiger charge is -2.45. The summed E-state index contributed by atoms with van der Waals surface area (Å²) in [6.45, 7) is 5.73. The summed E-state index contributed by atoms with van der Waals surface area (Å²) >= 11 is 0. The lowest BCUT2D eigenvalue weighted by Crippen LogP contribution is -2.58. The summed E-state index contributed by atoms with van der Waals surface area (Å²) in [4.78, 5) is 14.0. The molecule has 0 radical (unpaired) electrons. The first-order valence-corrected chi connectivity index (χ1v) is 7.27. The Hall–Kier alpha value is -0.770. The molecule has 0 spiro atoms. The van der Waals surface area contributed by atoms with Crippen LogP contribution in [-0.2, 0) is 0 Å². The number of amides is 2. The predicted octanol–water partition coefficient (Wildman–Crippen LogP) is 2.34. The van der Waals surface area contributed by atoms with Crippen LogP contribution in [0.25, 0.3) is 0 Å². The molecule has 1 saturated carbocycles. The van der Waals surface area contributed by atoms with E-state index in [1.54, 1.807) is 0 Å². The van der Waals surface area contributed by atoms with Gasteiger partial charge >= 0.3 is 6.03 Å². The van der Waals surface area contributed by atoms with E-state index in [-0.39, 0.29) is 11.6 Å². The van der Waals surface area contributed by atoms with Gasteiger partial charge in [0, 0.05) is 20.1 Å². The summed E-state index contributed by atoms with van der Waals surface area (Å²) in [5.41, 5.74) is 5.83. The largest absolute Gasteiger partial charge is 0.338 e. The molecule has 0 saturated heterocycles. The van der Waals surface area contributed by atoms with Crippen molar-refractivity contribution in [2.24, 2.45) is 11.7 Å². The minimum Gasteiger partial charge on any atom is -0.338 e. The highest BCUT2D eigenvalue weighted by molar-refractivity contribution is 5.74. The number of hydrogen-bond donors (Lipinski definition) is 2. The van der Waals surface area contributed by atoms with E-state index >= 15 is 0 Å². The van der Waals surface area contributed by atoms with Crippen LogP contribution in [0.3, 0.4) is 0 Å². The molecule has 3 N–H and O–H groups in total. The first-order valence-electron chi connectivity index (χ1n) is 7.27. The van der Waals surface area contributed by atoms with Crippen molar-refractivity contribution in [2.75, 3.05) is 20.1 Å². The van der Waals surface area contributed by atoms with Crippen LogP contribution in [-0.4, -0.2) is 36.6 Å². The molecule has 2 amide bonds. The zero-order valence-corrected chi connectivity index (χ0v) is 12.2. The molecule has 0 aromatic heterocycles. The number of nitrogens with one attached hydrogen (secondary N) is 1. The quantitative estimate of drug-likeness (QED) is 0.741. The molecule has 18 heavy (non-hydrogen) atoms. The maximum Gasteiger partial charge on any atom is 0.317 e. The Bertz CT molecular complexity index is 260. The summed E-state index contributed by atoms with van der Waals surface area (Å²) in [6, 6.07) is 0.0310. The fraction of sp³-hybridized carbons (Fsp3) is 0.929. The molecular formula is C14H29N3O. The van der Waals surface area contributed by atoms with Gasteiger partial charge in [-0.15, -0.1) is 0 Å². The molecule has 0 unspecified atom stereocenters. The minimum atomic E-state index is -0.122. The van der Waals surface area contributed by atoms with Crippen LogP contribution >= 0.6 is 0 Å². The van der Waals surface area contributed by atoms with Crippen molar-refractivity contribution in [3.63, 3.8) is 0 Å². The van der Waals surface area contributed by atoms with Gasteiger partial charge in [-0.25, -0.2) is 4.79 Å². The Morgan fingerprint density at radius 2 is 2.06 bits per heavy atom. The molecule has 4 heteroatoms. The summed E-state index contributed by atoms with van der Waals surface area (Å²) in [6.07, 6.45) is 6.54. The van der Waals surface area contributed by atoms with E-state index in [1.807, 2.05) is 11.9 Å². The summed E-state index contributed by atoms with van der Waals surface area (Å²) in [7, 11) is 1.89.